The maximum Gasteiger partial charge on any atom is 0.174 e. The number of allylic oxidation sites excluding steroid dienone is 4. The third-order valence-corrected chi connectivity index (χ3v) is 7.73. The third kappa shape index (κ3) is 4.33. The molecule has 3 aliphatic rings. The summed E-state index contributed by atoms with van der Waals surface area (Å²) >= 11 is 3.64. The molecule has 1 aliphatic heterocycles. The van der Waals surface area contributed by atoms with Crippen LogP contribution in [0.4, 0.5) is 0 Å². The minimum absolute atomic E-state index is 0.143. The van der Waals surface area contributed by atoms with Gasteiger partial charge in [0, 0.05) is 47.8 Å². The summed E-state index contributed by atoms with van der Waals surface area (Å²) in [6.07, 6.45) is 4.38. The van der Waals surface area contributed by atoms with Crippen molar-refractivity contribution in [1.29, 1.82) is 0 Å². The molecule has 0 fully saturated rings. The zero-order valence-electron chi connectivity index (χ0n) is 20.2. The maximum absolute atomic E-state index is 13.5. The summed E-state index contributed by atoms with van der Waals surface area (Å²) < 4.78 is 12.2. The van der Waals surface area contributed by atoms with Gasteiger partial charge in [-0.15, -0.1) is 0 Å². The van der Waals surface area contributed by atoms with Gasteiger partial charge in [-0.25, -0.2) is 0 Å². The molecule has 0 bridgehead atoms. The number of ether oxygens (including phenoxy) is 2. The van der Waals surface area contributed by atoms with Crippen molar-refractivity contribution in [1.82, 2.24) is 4.90 Å². The zero-order chi connectivity index (χ0) is 24.5. The highest BCUT2D eigenvalue weighted by Gasteiger charge is 2.43. The molecule has 0 saturated heterocycles. The summed E-state index contributed by atoms with van der Waals surface area (Å²) in [4.78, 5) is 29.3. The first-order chi connectivity index (χ1) is 17.0. The van der Waals surface area contributed by atoms with Gasteiger partial charge in [-0.1, -0.05) is 30.3 Å². The first-order valence-corrected chi connectivity index (χ1v) is 13.2. The van der Waals surface area contributed by atoms with Crippen molar-refractivity contribution in [2.75, 3.05) is 13.7 Å². The Bertz CT molecular complexity index is 1190. The number of methoxy groups -OCH3 is 1. The molecule has 0 spiro atoms. The lowest BCUT2D eigenvalue weighted by atomic mass is 9.71. The number of ketones is 2. The SMILES string of the molecule is CCOc1cc(C2C3=C(CCCC3=O)N(Cc3ccccc3)C3=C2C(=O)CCC3)cc(Br)c1OC. The average Bonchev–Trinajstić information content (AvgIpc) is 2.85. The summed E-state index contributed by atoms with van der Waals surface area (Å²) in [7, 11) is 1.61. The maximum atomic E-state index is 13.5. The normalized spacial score (nSPS) is 18.5. The first-order valence-electron chi connectivity index (χ1n) is 12.4. The topological polar surface area (TPSA) is 55.8 Å². The van der Waals surface area contributed by atoms with Crippen molar-refractivity contribution in [3.05, 3.63) is 80.6 Å². The lowest BCUT2D eigenvalue weighted by Crippen LogP contribution is -2.38. The summed E-state index contributed by atoms with van der Waals surface area (Å²) in [5.74, 6) is 1.13. The van der Waals surface area contributed by atoms with Gasteiger partial charge in [0.05, 0.1) is 18.2 Å². The van der Waals surface area contributed by atoms with E-state index >= 15 is 0 Å². The second-order valence-corrected chi connectivity index (χ2v) is 10.1. The summed E-state index contributed by atoms with van der Waals surface area (Å²) in [6, 6.07) is 14.2. The Balaban J connectivity index is 1.72. The van der Waals surface area contributed by atoms with Gasteiger partial charge in [-0.2, -0.15) is 0 Å². The molecule has 5 rings (SSSR count). The van der Waals surface area contributed by atoms with Crippen LogP contribution in [0.2, 0.25) is 0 Å². The van der Waals surface area contributed by atoms with E-state index in [0.717, 1.165) is 58.3 Å². The molecule has 0 N–H and O–H groups in total. The minimum atomic E-state index is -0.381. The fourth-order valence-electron chi connectivity index (χ4n) is 5.72. The molecule has 2 aromatic rings. The number of hydrogen-bond donors (Lipinski definition) is 0. The van der Waals surface area contributed by atoms with Crippen LogP contribution in [-0.2, 0) is 16.1 Å². The predicted octanol–water partition coefficient (Wildman–Crippen LogP) is 6.47. The Hall–Kier alpha value is -2.86. The highest BCUT2D eigenvalue weighted by Crippen LogP contribution is 2.51. The molecule has 0 saturated carbocycles. The van der Waals surface area contributed by atoms with Gasteiger partial charge < -0.3 is 14.4 Å². The average molecular weight is 536 g/mol. The molecule has 0 atom stereocenters. The van der Waals surface area contributed by atoms with Gasteiger partial charge in [0.1, 0.15) is 0 Å². The van der Waals surface area contributed by atoms with E-state index in [1.54, 1.807) is 7.11 Å². The van der Waals surface area contributed by atoms with Crippen LogP contribution in [0.3, 0.4) is 0 Å². The molecule has 182 valence electrons. The molecule has 0 radical (unpaired) electrons. The predicted molar refractivity (Wildman–Crippen MR) is 138 cm³/mol. The van der Waals surface area contributed by atoms with Gasteiger partial charge in [0.15, 0.2) is 23.1 Å². The smallest absolute Gasteiger partial charge is 0.174 e. The van der Waals surface area contributed by atoms with E-state index in [-0.39, 0.29) is 17.5 Å². The van der Waals surface area contributed by atoms with Crippen molar-refractivity contribution < 1.29 is 19.1 Å². The van der Waals surface area contributed by atoms with E-state index in [0.29, 0.717) is 37.5 Å². The Morgan fingerprint density at radius 1 is 0.943 bits per heavy atom. The molecule has 5 nitrogen and oxygen atoms in total. The Kier molecular flexibility index (Phi) is 6.83. The van der Waals surface area contributed by atoms with E-state index in [1.807, 2.05) is 37.3 Å². The third-order valence-electron chi connectivity index (χ3n) is 7.14. The summed E-state index contributed by atoms with van der Waals surface area (Å²) in [6.45, 7) is 3.09. The molecule has 2 aliphatic carbocycles. The highest BCUT2D eigenvalue weighted by atomic mass is 79.9. The van der Waals surface area contributed by atoms with Crippen LogP contribution >= 0.6 is 15.9 Å². The van der Waals surface area contributed by atoms with Crippen molar-refractivity contribution in [2.24, 2.45) is 0 Å². The van der Waals surface area contributed by atoms with Crippen LogP contribution in [0, 0.1) is 0 Å². The van der Waals surface area contributed by atoms with E-state index in [9.17, 15) is 9.59 Å². The van der Waals surface area contributed by atoms with Crippen LogP contribution in [0.5, 0.6) is 11.5 Å². The Labute approximate surface area is 214 Å². The van der Waals surface area contributed by atoms with Crippen molar-refractivity contribution >= 4 is 27.5 Å². The standard InChI is InChI=1S/C29H30BrNO4/c1-3-35-25-16-19(15-20(30)29(25)34-2)26-27-21(11-7-13-23(27)32)31(17-18-9-5-4-6-10-18)22-12-8-14-24(33)28(22)26/h4-6,9-10,15-16,26H,3,7-8,11-14,17H2,1-2H3. The van der Waals surface area contributed by atoms with Crippen molar-refractivity contribution in [3.8, 4) is 11.5 Å². The van der Waals surface area contributed by atoms with Gasteiger partial charge in [-0.3, -0.25) is 9.59 Å². The molecule has 2 aromatic carbocycles. The number of nitrogens with zero attached hydrogens (tertiary/aromatic N) is 1. The Morgan fingerprint density at radius 3 is 2.14 bits per heavy atom. The largest absolute Gasteiger partial charge is 0.492 e. The number of halogens is 1. The number of hydrogen-bond acceptors (Lipinski definition) is 5. The molecule has 0 unspecified atom stereocenters. The van der Waals surface area contributed by atoms with Crippen molar-refractivity contribution in [2.45, 2.75) is 57.9 Å². The molecule has 1 heterocycles. The van der Waals surface area contributed by atoms with Crippen molar-refractivity contribution in [3.63, 3.8) is 0 Å². The number of Topliss-reactive ketones (excluding diaryl/α,β-unsaturated/α-hetero) is 2. The van der Waals surface area contributed by atoms with E-state index in [4.69, 9.17) is 9.47 Å². The van der Waals surface area contributed by atoms with E-state index in [2.05, 4.69) is 33.0 Å². The molecule has 35 heavy (non-hydrogen) atoms. The van der Waals surface area contributed by atoms with Crippen LogP contribution in [0.25, 0.3) is 0 Å². The quantitative estimate of drug-likeness (QED) is 0.424. The summed E-state index contributed by atoms with van der Waals surface area (Å²) in [5, 5.41) is 0. The van der Waals surface area contributed by atoms with E-state index in [1.165, 1.54) is 5.56 Å². The Morgan fingerprint density at radius 2 is 1.57 bits per heavy atom. The molecular weight excluding hydrogens is 506 g/mol. The molecule has 6 heteroatoms. The number of carbonyl (C=O) groups excluding carboxylic acids is 2. The lowest BCUT2D eigenvalue weighted by Gasteiger charge is -2.44. The van der Waals surface area contributed by atoms with Gasteiger partial charge in [-0.05, 0) is 71.8 Å². The zero-order valence-corrected chi connectivity index (χ0v) is 21.8. The second kappa shape index (κ2) is 10.0. The fourth-order valence-corrected chi connectivity index (χ4v) is 6.34. The molecule has 0 amide bonds. The number of rotatable bonds is 6. The number of carbonyl (C=O) groups is 2. The fraction of sp³-hybridized carbons (Fsp3) is 0.379. The summed E-state index contributed by atoms with van der Waals surface area (Å²) in [5.41, 5.74) is 5.78. The van der Waals surface area contributed by atoms with E-state index < -0.39 is 0 Å². The highest BCUT2D eigenvalue weighted by molar-refractivity contribution is 9.10. The lowest BCUT2D eigenvalue weighted by molar-refractivity contribution is -0.117. The minimum Gasteiger partial charge on any atom is -0.492 e. The number of benzene rings is 2. The van der Waals surface area contributed by atoms with Gasteiger partial charge >= 0.3 is 0 Å². The van der Waals surface area contributed by atoms with Gasteiger partial charge in [0.25, 0.3) is 0 Å². The van der Waals surface area contributed by atoms with Crippen LogP contribution in [-0.4, -0.2) is 30.2 Å². The monoisotopic (exact) mass is 535 g/mol. The van der Waals surface area contributed by atoms with Crippen LogP contribution in [0.1, 0.15) is 62.5 Å². The second-order valence-electron chi connectivity index (χ2n) is 9.25. The van der Waals surface area contributed by atoms with Gasteiger partial charge in [0.2, 0.25) is 0 Å². The molecular formula is C29H30BrNO4. The van der Waals surface area contributed by atoms with Crippen LogP contribution < -0.4 is 9.47 Å². The first kappa shape index (κ1) is 23.9. The van der Waals surface area contributed by atoms with Crippen LogP contribution in [0.15, 0.2) is 69.5 Å². The molecule has 0 aromatic heterocycles.